The van der Waals surface area contributed by atoms with E-state index in [1.54, 1.807) is 6.33 Å². The Morgan fingerprint density at radius 3 is 2.52 bits per heavy atom. The van der Waals surface area contributed by atoms with Gasteiger partial charge in [-0.3, -0.25) is 4.68 Å². The molecule has 0 saturated heterocycles. The highest BCUT2D eigenvalue weighted by atomic mass is 15.3. The fourth-order valence-electron chi connectivity index (χ4n) is 2.73. The van der Waals surface area contributed by atoms with Crippen LogP contribution in [0.5, 0.6) is 0 Å². The van der Waals surface area contributed by atoms with Crippen molar-refractivity contribution in [3.8, 4) is 0 Å². The minimum Gasteiger partial charge on any atom is -0.312 e. The smallest absolute Gasteiger partial charge is 0.138 e. The van der Waals surface area contributed by atoms with E-state index in [2.05, 4.69) is 62.1 Å². The summed E-state index contributed by atoms with van der Waals surface area (Å²) in [7, 11) is 4.34. The van der Waals surface area contributed by atoms with Crippen molar-refractivity contribution in [2.75, 3.05) is 20.6 Å². The second-order valence-electron chi connectivity index (χ2n) is 6.22. The van der Waals surface area contributed by atoms with Crippen molar-refractivity contribution in [2.24, 2.45) is 0 Å². The molecule has 0 aliphatic carbocycles. The zero-order valence-electron chi connectivity index (χ0n) is 14.7. The highest BCUT2D eigenvalue weighted by molar-refractivity contribution is 5.01. The fraction of sp³-hybridized carbons (Fsp3) is 0.875. The second kappa shape index (κ2) is 8.49. The summed E-state index contributed by atoms with van der Waals surface area (Å²) in [5, 5.41) is 8.08. The van der Waals surface area contributed by atoms with Gasteiger partial charge in [0.1, 0.15) is 12.2 Å². The Morgan fingerprint density at radius 1 is 1.29 bits per heavy atom. The van der Waals surface area contributed by atoms with Gasteiger partial charge in [0, 0.05) is 24.5 Å². The highest BCUT2D eigenvalue weighted by Gasteiger charge is 2.35. The van der Waals surface area contributed by atoms with Gasteiger partial charge in [-0.2, -0.15) is 5.10 Å². The molecule has 2 unspecified atom stereocenters. The van der Waals surface area contributed by atoms with Crippen molar-refractivity contribution in [1.29, 1.82) is 0 Å². The maximum absolute atomic E-state index is 4.48. The monoisotopic (exact) mass is 295 g/mol. The van der Waals surface area contributed by atoms with Crippen molar-refractivity contribution in [3.05, 3.63) is 12.2 Å². The van der Waals surface area contributed by atoms with Crippen LogP contribution in [-0.4, -0.2) is 51.9 Å². The normalized spacial score (nSPS) is 16.1. The number of rotatable bonds is 10. The van der Waals surface area contributed by atoms with Gasteiger partial charge in [0.15, 0.2) is 0 Å². The van der Waals surface area contributed by atoms with E-state index in [0.29, 0.717) is 6.04 Å². The molecule has 1 heterocycles. The van der Waals surface area contributed by atoms with Crippen LogP contribution in [0.1, 0.15) is 52.8 Å². The maximum atomic E-state index is 4.48. The van der Waals surface area contributed by atoms with E-state index in [-0.39, 0.29) is 5.54 Å². The van der Waals surface area contributed by atoms with Gasteiger partial charge in [-0.1, -0.05) is 20.8 Å². The van der Waals surface area contributed by atoms with E-state index < -0.39 is 0 Å². The van der Waals surface area contributed by atoms with Gasteiger partial charge in [0.2, 0.25) is 0 Å². The molecule has 5 heteroatoms. The number of nitrogens with zero attached hydrogens (tertiary/aromatic N) is 4. The van der Waals surface area contributed by atoms with E-state index >= 15 is 0 Å². The van der Waals surface area contributed by atoms with Gasteiger partial charge < -0.3 is 10.2 Å². The first kappa shape index (κ1) is 18.1. The Labute approximate surface area is 130 Å². The third-order valence-electron chi connectivity index (χ3n) is 4.65. The van der Waals surface area contributed by atoms with Crippen molar-refractivity contribution < 1.29 is 0 Å². The lowest BCUT2D eigenvalue weighted by atomic mass is 9.85. The number of likely N-dealkylation sites (N-methyl/N-ethyl adjacent to an activating group) is 1. The van der Waals surface area contributed by atoms with Gasteiger partial charge >= 0.3 is 0 Å². The summed E-state index contributed by atoms with van der Waals surface area (Å²) in [6, 6.07) is 0.372. The average molecular weight is 295 g/mol. The molecule has 122 valence electrons. The third-order valence-corrected chi connectivity index (χ3v) is 4.65. The molecule has 21 heavy (non-hydrogen) atoms. The molecule has 0 aliphatic heterocycles. The summed E-state index contributed by atoms with van der Waals surface area (Å²) < 4.78 is 2.05. The van der Waals surface area contributed by atoms with E-state index in [4.69, 9.17) is 0 Å². The van der Waals surface area contributed by atoms with Crippen LogP contribution in [0.3, 0.4) is 0 Å². The van der Waals surface area contributed by atoms with Gasteiger partial charge in [-0.15, -0.1) is 0 Å². The maximum Gasteiger partial charge on any atom is 0.138 e. The predicted molar refractivity (Wildman–Crippen MR) is 88.5 cm³/mol. The van der Waals surface area contributed by atoms with Gasteiger partial charge in [-0.05, 0) is 46.8 Å². The SMILES string of the molecule is CCCNC(Cc1ncnn1CCC)C(C)(CC)N(C)C. The summed E-state index contributed by atoms with van der Waals surface area (Å²) in [4.78, 5) is 6.82. The minimum absolute atomic E-state index is 0.109. The summed E-state index contributed by atoms with van der Waals surface area (Å²) >= 11 is 0. The lowest BCUT2D eigenvalue weighted by molar-refractivity contribution is 0.111. The molecule has 1 N–H and O–H groups in total. The van der Waals surface area contributed by atoms with Crippen molar-refractivity contribution in [1.82, 2.24) is 25.0 Å². The van der Waals surface area contributed by atoms with E-state index in [0.717, 1.165) is 44.6 Å². The summed E-state index contributed by atoms with van der Waals surface area (Å²) in [5.74, 6) is 1.09. The minimum atomic E-state index is 0.109. The van der Waals surface area contributed by atoms with Crippen LogP contribution in [-0.2, 0) is 13.0 Å². The first-order valence-corrected chi connectivity index (χ1v) is 8.27. The van der Waals surface area contributed by atoms with Crippen LogP contribution < -0.4 is 5.32 Å². The Balaban J connectivity index is 2.94. The molecule has 1 aromatic heterocycles. The number of hydrogen-bond acceptors (Lipinski definition) is 4. The van der Waals surface area contributed by atoms with Gasteiger partial charge in [0.25, 0.3) is 0 Å². The summed E-state index contributed by atoms with van der Waals surface area (Å²) in [6.07, 6.45) is 5.93. The second-order valence-corrected chi connectivity index (χ2v) is 6.22. The van der Waals surface area contributed by atoms with Crippen LogP contribution in [0, 0.1) is 0 Å². The quantitative estimate of drug-likeness (QED) is 0.719. The zero-order chi connectivity index (χ0) is 15.9. The fourth-order valence-corrected chi connectivity index (χ4v) is 2.73. The molecule has 0 fully saturated rings. The summed E-state index contributed by atoms with van der Waals surface area (Å²) in [5.41, 5.74) is 0.109. The topological polar surface area (TPSA) is 46.0 Å². The average Bonchev–Trinajstić information content (AvgIpc) is 2.90. The number of aromatic nitrogens is 3. The Morgan fingerprint density at radius 2 is 2.00 bits per heavy atom. The number of hydrogen-bond donors (Lipinski definition) is 1. The Hall–Kier alpha value is -0.940. The van der Waals surface area contributed by atoms with Crippen molar-refractivity contribution in [2.45, 2.75) is 71.5 Å². The lowest BCUT2D eigenvalue weighted by Gasteiger charge is -2.43. The molecule has 0 radical (unpaired) electrons. The molecule has 0 spiro atoms. The molecule has 0 saturated carbocycles. The van der Waals surface area contributed by atoms with E-state index in [1.807, 2.05) is 4.68 Å². The predicted octanol–water partition coefficient (Wildman–Crippen LogP) is 2.33. The zero-order valence-corrected chi connectivity index (χ0v) is 14.7. The van der Waals surface area contributed by atoms with Gasteiger partial charge in [0.05, 0.1) is 0 Å². The molecule has 1 rings (SSSR count). The van der Waals surface area contributed by atoms with E-state index in [1.165, 1.54) is 0 Å². The molecule has 1 aromatic rings. The van der Waals surface area contributed by atoms with Crippen LogP contribution in [0.4, 0.5) is 0 Å². The summed E-state index contributed by atoms with van der Waals surface area (Å²) in [6.45, 7) is 11.0. The molecule has 0 aromatic carbocycles. The van der Waals surface area contributed by atoms with Crippen LogP contribution >= 0.6 is 0 Å². The highest BCUT2D eigenvalue weighted by Crippen LogP contribution is 2.23. The largest absolute Gasteiger partial charge is 0.312 e. The van der Waals surface area contributed by atoms with Crippen LogP contribution in [0.2, 0.25) is 0 Å². The van der Waals surface area contributed by atoms with Crippen LogP contribution in [0.15, 0.2) is 6.33 Å². The van der Waals surface area contributed by atoms with Crippen LogP contribution in [0.25, 0.3) is 0 Å². The Bertz CT molecular complexity index is 401. The van der Waals surface area contributed by atoms with E-state index in [9.17, 15) is 0 Å². The first-order chi connectivity index (χ1) is 9.99. The Kier molecular flexibility index (Phi) is 7.32. The molecule has 0 aliphatic rings. The molecular formula is C16H33N5. The molecule has 2 atom stereocenters. The molecule has 0 amide bonds. The molecule has 0 bridgehead atoms. The first-order valence-electron chi connectivity index (χ1n) is 8.27. The molecule has 5 nitrogen and oxygen atoms in total. The standard InChI is InChI=1S/C16H33N5/c1-7-10-17-14(16(4,9-3)20(5)6)12-15-18-13-19-21(15)11-8-2/h13-14,17H,7-12H2,1-6H3. The number of aryl methyl sites for hydroxylation is 1. The molecular weight excluding hydrogens is 262 g/mol. The van der Waals surface area contributed by atoms with Gasteiger partial charge in [-0.25, -0.2) is 4.98 Å². The lowest BCUT2D eigenvalue weighted by Crippen LogP contribution is -2.58. The number of nitrogens with one attached hydrogen (secondary N) is 1. The van der Waals surface area contributed by atoms with Crippen molar-refractivity contribution in [3.63, 3.8) is 0 Å². The van der Waals surface area contributed by atoms with Crippen molar-refractivity contribution >= 4 is 0 Å². The third kappa shape index (κ3) is 4.51.